The van der Waals surface area contributed by atoms with Crippen molar-refractivity contribution >= 4 is 27.2 Å². The van der Waals surface area contributed by atoms with Gasteiger partial charge in [-0.05, 0) is 42.5 Å². The first-order valence-electron chi connectivity index (χ1n) is 6.97. The van der Waals surface area contributed by atoms with Gasteiger partial charge in [0.2, 0.25) is 0 Å². The van der Waals surface area contributed by atoms with Gasteiger partial charge in [0.1, 0.15) is 5.82 Å². The lowest BCUT2D eigenvalue weighted by Gasteiger charge is -2.10. The van der Waals surface area contributed by atoms with Crippen LogP contribution in [0.4, 0.5) is 4.39 Å². The Morgan fingerprint density at radius 2 is 1.84 bits per heavy atom. The van der Waals surface area contributed by atoms with Gasteiger partial charge in [-0.1, -0.05) is 25.7 Å². The topological polar surface area (TPSA) is 17.1 Å². The Morgan fingerprint density at radius 1 is 1.11 bits per heavy atom. The third-order valence-electron chi connectivity index (χ3n) is 3.95. The molecule has 0 spiro atoms. The van der Waals surface area contributed by atoms with Crippen LogP contribution >= 0.6 is 11.3 Å². The summed E-state index contributed by atoms with van der Waals surface area (Å²) in [5.41, 5.74) is 0. The van der Waals surface area contributed by atoms with Crippen molar-refractivity contribution in [3.8, 4) is 0 Å². The SMILES string of the molecule is O=C(c1cc2cc(F)ccc2s1)C1CCCCCC1. The number of hydrogen-bond acceptors (Lipinski definition) is 2. The summed E-state index contributed by atoms with van der Waals surface area (Å²) in [5, 5.41) is 0.849. The van der Waals surface area contributed by atoms with Crippen molar-refractivity contribution in [1.29, 1.82) is 0 Å². The van der Waals surface area contributed by atoms with Crippen molar-refractivity contribution in [2.24, 2.45) is 5.92 Å². The van der Waals surface area contributed by atoms with Crippen molar-refractivity contribution in [2.75, 3.05) is 0 Å². The molecule has 0 amide bonds. The molecule has 100 valence electrons. The van der Waals surface area contributed by atoms with E-state index in [-0.39, 0.29) is 17.5 Å². The molecule has 0 bridgehead atoms. The van der Waals surface area contributed by atoms with Gasteiger partial charge in [-0.25, -0.2) is 4.39 Å². The van der Waals surface area contributed by atoms with Gasteiger partial charge in [0.05, 0.1) is 4.88 Å². The molecule has 0 aliphatic heterocycles. The first kappa shape index (κ1) is 12.8. The first-order chi connectivity index (χ1) is 9.24. The molecule has 0 N–H and O–H groups in total. The predicted octanol–water partition coefficient (Wildman–Crippen LogP) is 5.19. The molecule has 1 fully saturated rings. The lowest BCUT2D eigenvalue weighted by molar-refractivity contribution is 0.0912. The third kappa shape index (κ3) is 2.71. The van der Waals surface area contributed by atoms with Crippen LogP contribution in [0.15, 0.2) is 24.3 Å². The third-order valence-corrected chi connectivity index (χ3v) is 5.08. The van der Waals surface area contributed by atoms with Crippen LogP contribution in [0.25, 0.3) is 10.1 Å². The van der Waals surface area contributed by atoms with Crippen LogP contribution in [0, 0.1) is 11.7 Å². The average Bonchev–Trinajstić information content (AvgIpc) is 2.64. The smallest absolute Gasteiger partial charge is 0.175 e. The number of rotatable bonds is 2. The zero-order valence-corrected chi connectivity index (χ0v) is 11.6. The maximum Gasteiger partial charge on any atom is 0.175 e. The number of halogens is 1. The van der Waals surface area contributed by atoms with Crippen LogP contribution in [0.5, 0.6) is 0 Å². The second-order valence-electron chi connectivity index (χ2n) is 5.35. The van der Waals surface area contributed by atoms with Gasteiger partial charge in [-0.15, -0.1) is 11.3 Å². The molecule has 1 saturated carbocycles. The summed E-state index contributed by atoms with van der Waals surface area (Å²) >= 11 is 1.50. The molecule has 2 aromatic rings. The molecule has 1 nitrogen and oxygen atoms in total. The number of hydrogen-bond donors (Lipinski definition) is 0. The van der Waals surface area contributed by atoms with Crippen molar-refractivity contribution < 1.29 is 9.18 Å². The number of fused-ring (bicyclic) bond motifs is 1. The van der Waals surface area contributed by atoms with Crippen LogP contribution in [0.1, 0.15) is 48.2 Å². The number of carbonyl (C=O) groups is 1. The minimum Gasteiger partial charge on any atom is -0.293 e. The van der Waals surface area contributed by atoms with Gasteiger partial charge < -0.3 is 0 Å². The molecule has 1 aromatic carbocycles. The Kier molecular flexibility index (Phi) is 3.65. The Morgan fingerprint density at radius 3 is 2.58 bits per heavy atom. The molecule has 1 heterocycles. The highest BCUT2D eigenvalue weighted by Crippen LogP contribution is 2.32. The minimum absolute atomic E-state index is 0.181. The van der Waals surface area contributed by atoms with E-state index in [0.29, 0.717) is 0 Å². The molecule has 3 heteroatoms. The summed E-state index contributed by atoms with van der Waals surface area (Å²) in [5.74, 6) is 0.211. The number of carbonyl (C=O) groups excluding carboxylic acids is 1. The summed E-state index contributed by atoms with van der Waals surface area (Å²) in [4.78, 5) is 13.3. The minimum atomic E-state index is -0.237. The molecule has 1 aromatic heterocycles. The standard InChI is InChI=1S/C16H17FOS/c17-13-7-8-14-12(9-13)10-15(19-14)16(18)11-5-3-1-2-4-6-11/h7-11H,1-6H2. The molecule has 0 radical (unpaired) electrons. The molecular formula is C16H17FOS. The second kappa shape index (κ2) is 5.41. The monoisotopic (exact) mass is 276 g/mol. The quantitative estimate of drug-likeness (QED) is 0.544. The fourth-order valence-electron chi connectivity index (χ4n) is 2.88. The van der Waals surface area contributed by atoms with E-state index in [4.69, 9.17) is 0 Å². The van der Waals surface area contributed by atoms with Gasteiger partial charge in [0.15, 0.2) is 5.78 Å². The number of Topliss-reactive ketones (excluding diaryl/α,β-unsaturated/α-hetero) is 1. The summed E-state index contributed by atoms with van der Waals surface area (Å²) in [6.45, 7) is 0. The van der Waals surface area contributed by atoms with E-state index in [0.717, 1.165) is 40.6 Å². The second-order valence-corrected chi connectivity index (χ2v) is 6.43. The zero-order valence-electron chi connectivity index (χ0n) is 10.8. The normalized spacial score (nSPS) is 17.5. The van der Waals surface area contributed by atoms with E-state index < -0.39 is 0 Å². The Hall–Kier alpha value is -1.22. The Labute approximate surface area is 116 Å². The van der Waals surface area contributed by atoms with E-state index in [1.807, 2.05) is 6.07 Å². The lowest BCUT2D eigenvalue weighted by atomic mass is 9.94. The van der Waals surface area contributed by atoms with E-state index in [1.54, 1.807) is 6.07 Å². The highest BCUT2D eigenvalue weighted by Gasteiger charge is 2.22. The molecule has 0 atom stereocenters. The predicted molar refractivity (Wildman–Crippen MR) is 77.3 cm³/mol. The van der Waals surface area contributed by atoms with Gasteiger partial charge in [-0.2, -0.15) is 0 Å². The Balaban J connectivity index is 1.88. The number of ketones is 1. The zero-order chi connectivity index (χ0) is 13.2. The highest BCUT2D eigenvalue weighted by molar-refractivity contribution is 7.20. The number of thiophene rings is 1. The lowest BCUT2D eigenvalue weighted by Crippen LogP contribution is -2.12. The maximum atomic E-state index is 13.2. The fraction of sp³-hybridized carbons (Fsp3) is 0.438. The first-order valence-corrected chi connectivity index (χ1v) is 7.79. The number of benzene rings is 1. The van der Waals surface area contributed by atoms with Crippen molar-refractivity contribution in [1.82, 2.24) is 0 Å². The van der Waals surface area contributed by atoms with Crippen LogP contribution in [0.2, 0.25) is 0 Å². The van der Waals surface area contributed by atoms with Crippen LogP contribution < -0.4 is 0 Å². The van der Waals surface area contributed by atoms with Gasteiger partial charge >= 0.3 is 0 Å². The Bertz CT molecular complexity index is 594. The molecule has 0 unspecified atom stereocenters. The summed E-state index contributed by atoms with van der Waals surface area (Å²) in [7, 11) is 0. The van der Waals surface area contributed by atoms with Gasteiger partial charge in [0.25, 0.3) is 0 Å². The highest BCUT2D eigenvalue weighted by atomic mass is 32.1. The van der Waals surface area contributed by atoms with E-state index >= 15 is 0 Å². The summed E-state index contributed by atoms with van der Waals surface area (Å²) < 4.78 is 14.2. The molecule has 1 aliphatic rings. The summed E-state index contributed by atoms with van der Waals surface area (Å²) in [6, 6.07) is 6.59. The van der Waals surface area contributed by atoms with Crippen LogP contribution in [0.3, 0.4) is 0 Å². The maximum absolute atomic E-state index is 13.2. The van der Waals surface area contributed by atoms with E-state index in [9.17, 15) is 9.18 Å². The summed E-state index contributed by atoms with van der Waals surface area (Å²) in [6.07, 6.45) is 6.86. The molecule has 1 aliphatic carbocycles. The van der Waals surface area contributed by atoms with Gasteiger partial charge in [0, 0.05) is 10.6 Å². The van der Waals surface area contributed by atoms with Crippen molar-refractivity contribution in [3.05, 3.63) is 35.0 Å². The van der Waals surface area contributed by atoms with Crippen LogP contribution in [-0.4, -0.2) is 5.78 Å². The average molecular weight is 276 g/mol. The van der Waals surface area contributed by atoms with Crippen LogP contribution in [-0.2, 0) is 0 Å². The van der Waals surface area contributed by atoms with Crippen molar-refractivity contribution in [2.45, 2.75) is 38.5 Å². The molecule has 3 rings (SSSR count). The molecule has 0 saturated heterocycles. The van der Waals surface area contributed by atoms with E-state index in [2.05, 4.69) is 0 Å². The van der Waals surface area contributed by atoms with Gasteiger partial charge in [-0.3, -0.25) is 4.79 Å². The molecular weight excluding hydrogens is 259 g/mol. The van der Waals surface area contributed by atoms with Crippen molar-refractivity contribution in [3.63, 3.8) is 0 Å². The fourth-order valence-corrected chi connectivity index (χ4v) is 3.94. The van der Waals surface area contributed by atoms with E-state index in [1.165, 1.54) is 36.3 Å². The largest absolute Gasteiger partial charge is 0.293 e. The molecule has 19 heavy (non-hydrogen) atoms.